The number of hydrogen-bond acceptors (Lipinski definition) is 7. The monoisotopic (exact) mass is 701 g/mol. The van der Waals surface area contributed by atoms with Crippen molar-refractivity contribution >= 4 is 63.0 Å². The molecule has 2 aliphatic rings. The molecule has 246 valence electrons. The minimum absolute atomic E-state index is 0.0520. The lowest BCUT2D eigenvalue weighted by Crippen LogP contribution is -2.58. The highest BCUT2D eigenvalue weighted by Crippen LogP contribution is 2.44. The molecule has 1 aliphatic carbocycles. The molecule has 5 rings (SSSR count). The van der Waals surface area contributed by atoms with Crippen molar-refractivity contribution in [2.45, 2.75) is 64.2 Å². The van der Waals surface area contributed by atoms with Gasteiger partial charge in [0.05, 0.1) is 38.5 Å². The van der Waals surface area contributed by atoms with Crippen molar-refractivity contribution in [3.63, 3.8) is 0 Å². The third-order valence-corrected chi connectivity index (χ3v) is 9.67. The molecule has 1 aliphatic heterocycles. The van der Waals surface area contributed by atoms with Crippen LogP contribution in [0.5, 0.6) is 0 Å². The summed E-state index contributed by atoms with van der Waals surface area (Å²) in [5, 5.41) is 8.79. The van der Waals surface area contributed by atoms with Gasteiger partial charge in [0.25, 0.3) is 5.56 Å². The molecule has 0 radical (unpaired) electrons. The Labute approximate surface area is 285 Å². The lowest BCUT2D eigenvalue weighted by molar-refractivity contribution is -0.130. The standard InChI is InChI=1S/C33H32Cl3F2N7O2/c1-7-21(46)44-16(5)12-43(13-17(44)6)31-18-10-20(34)29(22-23(35)25(37)26(38)27(40)24(22)36)42-32(18)45(33(47)19(31)11-39)30-15(4)8-9-41-28(30)14(2)3/h7-10,14,16-17,23,25H,1,12-13,40H2,2-6H3/t16-,17+,23-,25?/m1/s1. The second kappa shape index (κ2) is 12.9. The van der Waals surface area contributed by atoms with E-state index in [1.54, 1.807) is 24.1 Å². The van der Waals surface area contributed by atoms with Crippen LogP contribution in [0.4, 0.5) is 14.5 Å². The van der Waals surface area contributed by atoms with Crippen LogP contribution in [0.25, 0.3) is 22.3 Å². The first-order valence-electron chi connectivity index (χ1n) is 14.8. The number of alkyl halides is 2. The molecule has 14 heteroatoms. The van der Waals surface area contributed by atoms with E-state index in [1.807, 2.05) is 32.6 Å². The van der Waals surface area contributed by atoms with Crippen LogP contribution in [0.1, 0.15) is 56.1 Å². The lowest BCUT2D eigenvalue weighted by atomic mass is 9.95. The van der Waals surface area contributed by atoms with E-state index >= 15 is 4.39 Å². The van der Waals surface area contributed by atoms with Gasteiger partial charge in [0, 0.05) is 42.3 Å². The molecule has 3 aromatic rings. The largest absolute Gasteiger partial charge is 0.395 e. The molecule has 9 nitrogen and oxygen atoms in total. The Balaban J connectivity index is 1.92. The molecule has 0 saturated carbocycles. The molecule has 1 fully saturated rings. The summed E-state index contributed by atoms with van der Waals surface area (Å²) in [5.41, 5.74) is 6.02. The number of rotatable bonds is 5. The van der Waals surface area contributed by atoms with Crippen LogP contribution < -0.4 is 16.2 Å². The van der Waals surface area contributed by atoms with Gasteiger partial charge < -0.3 is 15.5 Å². The number of carbonyl (C=O) groups is 1. The van der Waals surface area contributed by atoms with E-state index in [1.165, 1.54) is 16.7 Å². The smallest absolute Gasteiger partial charge is 0.276 e. The second-order valence-electron chi connectivity index (χ2n) is 12.0. The van der Waals surface area contributed by atoms with Crippen LogP contribution in [0.2, 0.25) is 5.02 Å². The van der Waals surface area contributed by atoms with Gasteiger partial charge in [0.2, 0.25) is 5.91 Å². The molecular weight excluding hydrogens is 671 g/mol. The molecular formula is C33H32Cl3F2N7O2. The third-order valence-electron chi connectivity index (χ3n) is 8.54. The molecule has 4 heterocycles. The Hall–Kier alpha value is -3.98. The number of aromatic nitrogens is 3. The quantitative estimate of drug-likeness (QED) is 0.241. The maximum atomic E-state index is 15.0. The van der Waals surface area contributed by atoms with Crippen molar-refractivity contribution in [3.05, 3.63) is 85.4 Å². The van der Waals surface area contributed by atoms with Crippen LogP contribution >= 0.6 is 34.8 Å². The summed E-state index contributed by atoms with van der Waals surface area (Å²) in [7, 11) is 0. The molecule has 2 N–H and O–H groups in total. The van der Waals surface area contributed by atoms with Crippen LogP contribution in [-0.4, -0.2) is 62.1 Å². The Morgan fingerprint density at radius 1 is 1.23 bits per heavy atom. The minimum Gasteiger partial charge on any atom is -0.395 e. The zero-order valence-electron chi connectivity index (χ0n) is 26.3. The predicted octanol–water partition coefficient (Wildman–Crippen LogP) is 6.40. The van der Waals surface area contributed by atoms with Gasteiger partial charge in [-0.1, -0.05) is 43.6 Å². The van der Waals surface area contributed by atoms with Gasteiger partial charge in [-0.3, -0.25) is 19.1 Å². The molecule has 1 saturated heterocycles. The van der Waals surface area contributed by atoms with Crippen LogP contribution in [0.3, 0.4) is 0 Å². The summed E-state index contributed by atoms with van der Waals surface area (Å²) in [6.45, 7) is 13.5. The number of nitrogens with two attached hydrogens (primary N) is 1. The molecule has 4 atom stereocenters. The fourth-order valence-electron chi connectivity index (χ4n) is 6.45. The molecule has 3 aromatic heterocycles. The summed E-state index contributed by atoms with van der Waals surface area (Å²) in [6, 6.07) is 4.69. The van der Waals surface area contributed by atoms with Crippen molar-refractivity contribution < 1.29 is 13.6 Å². The maximum absolute atomic E-state index is 15.0. The number of pyridine rings is 3. The number of fused-ring (bicyclic) bond motifs is 1. The summed E-state index contributed by atoms with van der Waals surface area (Å²) in [5.74, 6) is -1.69. The predicted molar refractivity (Wildman–Crippen MR) is 181 cm³/mol. The number of nitriles is 1. The Bertz CT molecular complexity index is 1990. The van der Waals surface area contributed by atoms with Gasteiger partial charge in [-0.05, 0) is 50.5 Å². The maximum Gasteiger partial charge on any atom is 0.276 e. The minimum atomic E-state index is -2.33. The summed E-state index contributed by atoms with van der Waals surface area (Å²) >= 11 is 19.7. The second-order valence-corrected chi connectivity index (χ2v) is 13.3. The number of carbonyl (C=O) groups excluding carboxylic acids is 1. The van der Waals surface area contributed by atoms with Crippen molar-refractivity contribution in [3.8, 4) is 11.8 Å². The number of aryl methyl sites for hydroxylation is 1. The van der Waals surface area contributed by atoms with Gasteiger partial charge in [0.1, 0.15) is 22.7 Å². The van der Waals surface area contributed by atoms with Crippen LogP contribution in [-0.2, 0) is 4.79 Å². The number of anilines is 1. The van der Waals surface area contributed by atoms with E-state index in [-0.39, 0.29) is 75.2 Å². The van der Waals surface area contributed by atoms with Crippen molar-refractivity contribution in [2.75, 3.05) is 18.0 Å². The normalized spacial score (nSPS) is 21.9. The van der Waals surface area contributed by atoms with Gasteiger partial charge in [0.15, 0.2) is 12.0 Å². The SMILES string of the molecule is C=CC(=O)N1[C@H](C)CN(c2c(C#N)c(=O)n(-c3c(C)ccnc3C(C)C)c3nc(C4=C(Cl)C(N)=C(F)C(F)[C@@H]4Cl)c(Cl)cc23)C[C@@H]1C. The first-order valence-corrected chi connectivity index (χ1v) is 16.0. The zero-order valence-corrected chi connectivity index (χ0v) is 28.6. The van der Waals surface area contributed by atoms with E-state index in [4.69, 9.17) is 45.5 Å². The number of nitrogens with zero attached hydrogens (tertiary/aromatic N) is 6. The van der Waals surface area contributed by atoms with Crippen molar-refractivity contribution in [1.29, 1.82) is 5.26 Å². The zero-order chi connectivity index (χ0) is 34.6. The van der Waals surface area contributed by atoms with Crippen LogP contribution in [0, 0.1) is 18.3 Å². The summed E-state index contributed by atoms with van der Waals surface area (Å²) in [6.07, 6.45) is 0.546. The van der Waals surface area contributed by atoms with Gasteiger partial charge in [-0.25, -0.2) is 13.8 Å². The first-order chi connectivity index (χ1) is 22.2. The van der Waals surface area contributed by atoms with E-state index in [2.05, 4.69) is 17.6 Å². The lowest BCUT2D eigenvalue weighted by Gasteiger charge is -2.45. The van der Waals surface area contributed by atoms with Crippen molar-refractivity contribution in [1.82, 2.24) is 19.4 Å². The average Bonchev–Trinajstić information content (AvgIpc) is 3.02. The number of piperazine rings is 1. The van der Waals surface area contributed by atoms with E-state index < -0.39 is 28.6 Å². The van der Waals surface area contributed by atoms with Gasteiger partial charge in [-0.2, -0.15) is 5.26 Å². The fraction of sp³-hybridized carbons (Fsp3) is 0.364. The summed E-state index contributed by atoms with van der Waals surface area (Å²) in [4.78, 5) is 40.1. The Morgan fingerprint density at radius 3 is 2.45 bits per heavy atom. The van der Waals surface area contributed by atoms with E-state index in [0.29, 0.717) is 22.3 Å². The van der Waals surface area contributed by atoms with Crippen LogP contribution in [0.15, 0.2) is 52.3 Å². The van der Waals surface area contributed by atoms with Crippen molar-refractivity contribution in [2.24, 2.45) is 5.73 Å². The number of allylic oxidation sites excluding steroid dienone is 3. The third kappa shape index (κ3) is 5.56. The fourth-order valence-corrected chi connectivity index (χ4v) is 7.38. The molecule has 47 heavy (non-hydrogen) atoms. The number of amides is 1. The first kappa shape index (κ1) is 34.4. The molecule has 0 bridgehead atoms. The van der Waals surface area contributed by atoms with Gasteiger partial charge >= 0.3 is 0 Å². The highest BCUT2D eigenvalue weighted by molar-refractivity contribution is 6.40. The highest BCUT2D eigenvalue weighted by atomic mass is 35.5. The number of halogens is 5. The Kier molecular flexibility index (Phi) is 9.43. The number of hydrogen-bond donors (Lipinski definition) is 1. The van der Waals surface area contributed by atoms with E-state index in [0.717, 1.165) is 0 Å². The van der Waals surface area contributed by atoms with E-state index in [9.17, 15) is 19.2 Å². The molecule has 0 aromatic carbocycles. The average molecular weight is 703 g/mol. The Morgan fingerprint density at radius 2 is 1.87 bits per heavy atom. The molecule has 1 unspecified atom stereocenters. The topological polar surface area (TPSA) is 121 Å². The highest BCUT2D eigenvalue weighted by Gasteiger charge is 2.40. The summed E-state index contributed by atoms with van der Waals surface area (Å²) < 4.78 is 30.8. The van der Waals surface area contributed by atoms with Gasteiger partial charge in [-0.15, -0.1) is 11.6 Å². The molecule has 0 spiro atoms. The molecule has 1 amide bonds.